The van der Waals surface area contributed by atoms with Gasteiger partial charge in [-0.2, -0.15) is 0 Å². The Labute approximate surface area is 147 Å². The molecule has 1 amide bonds. The Bertz CT molecular complexity index is 691. The SMILES string of the molecule is Cc1ccccc1NC(=O)CC(C)NCC(O)c1ccccc1Cl. The van der Waals surface area contributed by atoms with E-state index in [-0.39, 0.29) is 11.9 Å². The molecule has 2 aromatic rings. The fourth-order valence-corrected chi connectivity index (χ4v) is 2.69. The minimum atomic E-state index is -0.708. The van der Waals surface area contributed by atoms with E-state index in [0.717, 1.165) is 11.3 Å². The maximum Gasteiger partial charge on any atom is 0.225 e. The van der Waals surface area contributed by atoms with Gasteiger partial charge in [-0.05, 0) is 31.5 Å². The van der Waals surface area contributed by atoms with Gasteiger partial charge >= 0.3 is 0 Å². The van der Waals surface area contributed by atoms with Crippen LogP contribution in [0.25, 0.3) is 0 Å². The second-order valence-corrected chi connectivity index (χ2v) is 6.32. The number of aliphatic hydroxyl groups excluding tert-OH is 1. The van der Waals surface area contributed by atoms with Crippen molar-refractivity contribution < 1.29 is 9.90 Å². The Balaban J connectivity index is 1.80. The lowest BCUT2D eigenvalue weighted by molar-refractivity contribution is -0.116. The predicted molar refractivity (Wildman–Crippen MR) is 98.3 cm³/mol. The van der Waals surface area contributed by atoms with Crippen molar-refractivity contribution in [2.75, 3.05) is 11.9 Å². The van der Waals surface area contributed by atoms with Crippen molar-refractivity contribution in [2.45, 2.75) is 32.4 Å². The lowest BCUT2D eigenvalue weighted by Gasteiger charge is -2.18. The van der Waals surface area contributed by atoms with E-state index in [2.05, 4.69) is 10.6 Å². The molecule has 0 aliphatic carbocycles. The van der Waals surface area contributed by atoms with Gasteiger partial charge in [0.05, 0.1) is 6.10 Å². The number of benzene rings is 2. The first-order valence-corrected chi connectivity index (χ1v) is 8.36. The summed E-state index contributed by atoms with van der Waals surface area (Å²) < 4.78 is 0. The lowest BCUT2D eigenvalue weighted by atomic mass is 10.1. The zero-order valence-electron chi connectivity index (χ0n) is 13.9. The van der Waals surface area contributed by atoms with Gasteiger partial charge in [0.15, 0.2) is 0 Å². The van der Waals surface area contributed by atoms with Crippen LogP contribution in [0.3, 0.4) is 0 Å². The molecule has 2 rings (SSSR count). The molecular formula is C19H23ClN2O2. The fraction of sp³-hybridized carbons (Fsp3) is 0.316. The zero-order chi connectivity index (χ0) is 17.5. The monoisotopic (exact) mass is 346 g/mol. The van der Waals surface area contributed by atoms with Crippen molar-refractivity contribution in [3.63, 3.8) is 0 Å². The second kappa shape index (κ2) is 8.83. The van der Waals surface area contributed by atoms with Gasteiger partial charge in [-0.1, -0.05) is 48.0 Å². The van der Waals surface area contributed by atoms with Crippen LogP contribution in [0, 0.1) is 6.92 Å². The number of anilines is 1. The van der Waals surface area contributed by atoms with Crippen molar-refractivity contribution in [1.29, 1.82) is 0 Å². The van der Waals surface area contributed by atoms with Crippen LogP contribution < -0.4 is 10.6 Å². The van der Waals surface area contributed by atoms with Crippen LogP contribution >= 0.6 is 11.6 Å². The third kappa shape index (κ3) is 5.34. The third-order valence-electron chi connectivity index (χ3n) is 3.83. The number of carbonyl (C=O) groups excluding carboxylic acids is 1. The highest BCUT2D eigenvalue weighted by molar-refractivity contribution is 6.31. The van der Waals surface area contributed by atoms with Crippen LogP contribution in [0.1, 0.15) is 30.6 Å². The van der Waals surface area contributed by atoms with Crippen LogP contribution in [0.4, 0.5) is 5.69 Å². The summed E-state index contributed by atoms with van der Waals surface area (Å²) in [5.41, 5.74) is 2.54. The number of rotatable bonds is 7. The average Bonchev–Trinajstić information content (AvgIpc) is 2.55. The molecule has 128 valence electrons. The Morgan fingerprint density at radius 2 is 1.83 bits per heavy atom. The van der Waals surface area contributed by atoms with Gasteiger partial charge in [-0.3, -0.25) is 4.79 Å². The van der Waals surface area contributed by atoms with Gasteiger partial charge in [-0.15, -0.1) is 0 Å². The minimum absolute atomic E-state index is 0.0588. The van der Waals surface area contributed by atoms with Crippen molar-refractivity contribution in [2.24, 2.45) is 0 Å². The minimum Gasteiger partial charge on any atom is -0.387 e. The van der Waals surface area contributed by atoms with Gasteiger partial charge in [0.2, 0.25) is 5.91 Å². The van der Waals surface area contributed by atoms with Crippen molar-refractivity contribution in [1.82, 2.24) is 5.32 Å². The van der Waals surface area contributed by atoms with Crippen LogP contribution in [-0.4, -0.2) is 23.6 Å². The molecule has 5 heteroatoms. The van der Waals surface area contributed by atoms with Gasteiger partial charge in [0.25, 0.3) is 0 Å². The van der Waals surface area contributed by atoms with Crippen LogP contribution in [0.2, 0.25) is 5.02 Å². The summed E-state index contributed by atoms with van der Waals surface area (Å²) in [6.45, 7) is 4.20. The average molecular weight is 347 g/mol. The number of nitrogens with one attached hydrogen (secondary N) is 2. The maximum absolute atomic E-state index is 12.1. The number of para-hydroxylation sites is 1. The number of halogens is 1. The van der Waals surface area contributed by atoms with Gasteiger partial charge < -0.3 is 15.7 Å². The van der Waals surface area contributed by atoms with Crippen LogP contribution in [-0.2, 0) is 4.79 Å². The molecule has 0 spiro atoms. The second-order valence-electron chi connectivity index (χ2n) is 5.91. The topological polar surface area (TPSA) is 61.4 Å². The lowest BCUT2D eigenvalue weighted by Crippen LogP contribution is -2.33. The highest BCUT2D eigenvalue weighted by Gasteiger charge is 2.14. The molecule has 0 bridgehead atoms. The van der Waals surface area contributed by atoms with E-state index in [1.54, 1.807) is 12.1 Å². The van der Waals surface area contributed by atoms with Crippen molar-refractivity contribution in [3.8, 4) is 0 Å². The molecule has 0 aromatic heterocycles. The van der Waals surface area contributed by atoms with Crippen LogP contribution in [0.15, 0.2) is 48.5 Å². The summed E-state index contributed by atoms with van der Waals surface area (Å²) in [6.07, 6.45) is -0.385. The number of hydrogen-bond acceptors (Lipinski definition) is 3. The highest BCUT2D eigenvalue weighted by Crippen LogP contribution is 2.22. The molecule has 0 saturated heterocycles. The Morgan fingerprint density at radius 1 is 1.17 bits per heavy atom. The van der Waals surface area contributed by atoms with E-state index < -0.39 is 6.10 Å². The Morgan fingerprint density at radius 3 is 2.54 bits per heavy atom. The Kier molecular flexibility index (Phi) is 6.79. The van der Waals surface area contributed by atoms with E-state index in [4.69, 9.17) is 11.6 Å². The summed E-state index contributed by atoms with van der Waals surface area (Å²) in [6, 6.07) is 14.8. The summed E-state index contributed by atoms with van der Waals surface area (Å²) in [5, 5.41) is 16.8. The smallest absolute Gasteiger partial charge is 0.225 e. The molecule has 2 atom stereocenters. The molecule has 2 aromatic carbocycles. The summed E-state index contributed by atoms with van der Waals surface area (Å²) in [7, 11) is 0. The normalized spacial score (nSPS) is 13.3. The molecule has 0 radical (unpaired) electrons. The number of amides is 1. The third-order valence-corrected chi connectivity index (χ3v) is 4.18. The van der Waals surface area contributed by atoms with Gasteiger partial charge in [0.1, 0.15) is 0 Å². The molecule has 24 heavy (non-hydrogen) atoms. The molecule has 3 N–H and O–H groups in total. The van der Waals surface area contributed by atoms with E-state index in [1.165, 1.54) is 0 Å². The summed E-state index contributed by atoms with van der Waals surface area (Å²) in [4.78, 5) is 12.1. The zero-order valence-corrected chi connectivity index (χ0v) is 14.7. The van der Waals surface area contributed by atoms with E-state index in [1.807, 2.05) is 50.2 Å². The predicted octanol–water partition coefficient (Wildman–Crippen LogP) is 3.69. The number of carbonyl (C=O) groups is 1. The van der Waals surface area contributed by atoms with E-state index >= 15 is 0 Å². The van der Waals surface area contributed by atoms with Crippen LogP contribution in [0.5, 0.6) is 0 Å². The molecule has 2 unspecified atom stereocenters. The summed E-state index contributed by atoms with van der Waals surface area (Å²) in [5.74, 6) is -0.0588. The molecule has 0 heterocycles. The van der Waals surface area contributed by atoms with Crippen molar-refractivity contribution in [3.05, 3.63) is 64.7 Å². The summed E-state index contributed by atoms with van der Waals surface area (Å²) >= 11 is 6.07. The molecule has 4 nitrogen and oxygen atoms in total. The Hall–Kier alpha value is -1.88. The quantitative estimate of drug-likeness (QED) is 0.716. The maximum atomic E-state index is 12.1. The first-order chi connectivity index (χ1) is 11.5. The largest absolute Gasteiger partial charge is 0.387 e. The molecule has 0 aliphatic heterocycles. The first-order valence-electron chi connectivity index (χ1n) is 7.98. The number of hydrogen-bond donors (Lipinski definition) is 3. The van der Waals surface area contributed by atoms with E-state index in [0.29, 0.717) is 23.6 Å². The molecule has 0 fully saturated rings. The van der Waals surface area contributed by atoms with Gasteiger partial charge in [-0.25, -0.2) is 0 Å². The van der Waals surface area contributed by atoms with E-state index in [9.17, 15) is 9.90 Å². The molecule has 0 saturated carbocycles. The number of aliphatic hydroxyl groups is 1. The van der Waals surface area contributed by atoms with Gasteiger partial charge in [0, 0.05) is 35.3 Å². The molecule has 0 aliphatic rings. The number of aryl methyl sites for hydroxylation is 1. The fourth-order valence-electron chi connectivity index (χ4n) is 2.43. The van der Waals surface area contributed by atoms with Crippen molar-refractivity contribution >= 4 is 23.2 Å². The standard InChI is InChI=1S/C19H23ClN2O2/c1-13-7-3-6-10-17(13)22-19(24)11-14(2)21-12-18(23)15-8-4-5-9-16(15)20/h3-10,14,18,21,23H,11-12H2,1-2H3,(H,22,24). The highest BCUT2D eigenvalue weighted by atomic mass is 35.5. The molecular weight excluding hydrogens is 324 g/mol. The first kappa shape index (κ1) is 18.5.